The van der Waals surface area contributed by atoms with E-state index < -0.39 is 6.04 Å². The second-order valence-corrected chi connectivity index (χ2v) is 9.43. The number of hydrogen-bond acceptors (Lipinski definition) is 5. The molecule has 1 unspecified atom stereocenters. The minimum atomic E-state index is -0.500. The third-order valence-electron chi connectivity index (χ3n) is 6.46. The molecule has 0 N–H and O–H groups in total. The van der Waals surface area contributed by atoms with Crippen LogP contribution < -0.4 is 0 Å². The van der Waals surface area contributed by atoms with E-state index in [1.54, 1.807) is 28.4 Å². The average Bonchev–Trinajstić information content (AvgIpc) is 3.56. The number of furan rings is 1. The molecule has 32 heavy (non-hydrogen) atoms. The van der Waals surface area contributed by atoms with E-state index in [4.69, 9.17) is 4.42 Å². The Morgan fingerprint density at radius 1 is 0.969 bits per heavy atom. The first kappa shape index (κ1) is 21.0. The van der Waals surface area contributed by atoms with Crippen LogP contribution >= 0.6 is 11.3 Å². The Labute approximate surface area is 192 Å². The maximum Gasteiger partial charge on any atom is 0.290 e. The smallest absolute Gasteiger partial charge is 0.290 e. The second kappa shape index (κ2) is 9.30. The van der Waals surface area contributed by atoms with Crippen molar-refractivity contribution in [3.63, 3.8) is 0 Å². The molecule has 4 heterocycles. The van der Waals surface area contributed by atoms with E-state index in [2.05, 4.69) is 28.5 Å². The molecule has 3 aromatic rings. The number of piperazine rings is 1. The van der Waals surface area contributed by atoms with Gasteiger partial charge in [-0.3, -0.25) is 14.5 Å². The summed E-state index contributed by atoms with van der Waals surface area (Å²) in [5.41, 5.74) is 2.23. The lowest BCUT2D eigenvalue weighted by molar-refractivity contribution is -0.138. The predicted octanol–water partition coefficient (Wildman–Crippen LogP) is 3.30. The molecule has 0 spiro atoms. The van der Waals surface area contributed by atoms with Crippen LogP contribution in [0.4, 0.5) is 0 Å². The van der Waals surface area contributed by atoms with Gasteiger partial charge in [-0.05, 0) is 41.1 Å². The molecule has 5 rings (SSSR count). The fourth-order valence-electron chi connectivity index (χ4n) is 4.62. The zero-order valence-electron chi connectivity index (χ0n) is 18.0. The molecule has 2 aliphatic rings. The highest BCUT2D eigenvalue weighted by molar-refractivity contribution is 7.09. The van der Waals surface area contributed by atoms with Gasteiger partial charge >= 0.3 is 0 Å². The quantitative estimate of drug-likeness (QED) is 0.600. The monoisotopic (exact) mass is 449 g/mol. The Bertz CT molecular complexity index is 1060. The van der Waals surface area contributed by atoms with Crippen molar-refractivity contribution in [1.82, 2.24) is 14.7 Å². The third kappa shape index (κ3) is 4.36. The van der Waals surface area contributed by atoms with Gasteiger partial charge in [0.2, 0.25) is 5.91 Å². The average molecular weight is 450 g/mol. The van der Waals surface area contributed by atoms with Crippen LogP contribution in [0, 0.1) is 0 Å². The topological polar surface area (TPSA) is 57.0 Å². The van der Waals surface area contributed by atoms with Crippen molar-refractivity contribution in [1.29, 1.82) is 0 Å². The summed E-state index contributed by atoms with van der Waals surface area (Å²) >= 11 is 1.80. The van der Waals surface area contributed by atoms with E-state index in [0.29, 0.717) is 26.1 Å². The molecule has 2 aromatic heterocycles. The van der Waals surface area contributed by atoms with Gasteiger partial charge in [-0.25, -0.2) is 0 Å². The van der Waals surface area contributed by atoms with Crippen molar-refractivity contribution >= 4 is 23.2 Å². The van der Waals surface area contributed by atoms with Gasteiger partial charge in [0.05, 0.1) is 6.26 Å². The van der Waals surface area contributed by atoms with Crippen molar-refractivity contribution < 1.29 is 14.0 Å². The van der Waals surface area contributed by atoms with Gasteiger partial charge in [0.1, 0.15) is 6.04 Å². The fraction of sp³-hybridized carbons (Fsp3) is 0.360. The predicted molar refractivity (Wildman–Crippen MR) is 124 cm³/mol. The van der Waals surface area contributed by atoms with Gasteiger partial charge in [-0.1, -0.05) is 30.3 Å². The van der Waals surface area contributed by atoms with E-state index in [1.807, 2.05) is 23.1 Å². The van der Waals surface area contributed by atoms with Crippen molar-refractivity contribution in [2.45, 2.75) is 25.4 Å². The minimum Gasteiger partial charge on any atom is -0.459 e. The first-order chi connectivity index (χ1) is 15.7. The Hall–Kier alpha value is -2.90. The normalized spacial score (nSPS) is 19.1. The molecular formula is C25H27N3O3S. The van der Waals surface area contributed by atoms with Crippen LogP contribution in [0.25, 0.3) is 0 Å². The number of thiophene rings is 1. The Morgan fingerprint density at radius 2 is 1.78 bits per heavy atom. The summed E-state index contributed by atoms with van der Waals surface area (Å²) in [6.07, 6.45) is 3.09. The Morgan fingerprint density at radius 3 is 2.50 bits per heavy atom. The second-order valence-electron chi connectivity index (χ2n) is 8.40. The number of carbonyl (C=O) groups excluding carboxylic acids is 2. The number of benzene rings is 1. The summed E-state index contributed by atoms with van der Waals surface area (Å²) in [6.45, 7) is 4.57. The van der Waals surface area contributed by atoms with Gasteiger partial charge in [0.25, 0.3) is 5.91 Å². The molecule has 6 nitrogen and oxygen atoms in total. The van der Waals surface area contributed by atoms with Crippen molar-refractivity contribution in [3.05, 3.63) is 81.9 Å². The van der Waals surface area contributed by atoms with Crippen LogP contribution in [0.3, 0.4) is 0 Å². The largest absolute Gasteiger partial charge is 0.459 e. The van der Waals surface area contributed by atoms with Crippen LogP contribution in [0.15, 0.2) is 64.6 Å². The minimum absolute atomic E-state index is 0.0392. The van der Waals surface area contributed by atoms with Gasteiger partial charge in [-0.2, -0.15) is 0 Å². The maximum absolute atomic E-state index is 13.6. The standard InChI is InChI=1S/C25H27N3O3S/c29-24(27-13-11-26(12-14-27)10-9-21-7-4-16-32-21)22-17-19-5-1-2-6-20(19)18-28(22)25(30)23-8-3-15-31-23/h1-8,15-16,22H,9-14,17-18H2. The number of nitrogens with zero attached hydrogens (tertiary/aromatic N) is 3. The molecule has 2 amide bonds. The highest BCUT2D eigenvalue weighted by Gasteiger charge is 2.38. The first-order valence-electron chi connectivity index (χ1n) is 11.1. The number of fused-ring (bicyclic) bond motifs is 1. The number of rotatable bonds is 5. The molecular weight excluding hydrogens is 422 g/mol. The lowest BCUT2D eigenvalue weighted by Gasteiger charge is -2.41. The summed E-state index contributed by atoms with van der Waals surface area (Å²) < 4.78 is 5.36. The molecule has 1 saturated heterocycles. The van der Waals surface area contributed by atoms with Gasteiger partial charge in [0.15, 0.2) is 5.76 Å². The van der Waals surface area contributed by atoms with Crippen molar-refractivity contribution in [2.24, 2.45) is 0 Å². The van der Waals surface area contributed by atoms with Crippen molar-refractivity contribution in [2.75, 3.05) is 32.7 Å². The van der Waals surface area contributed by atoms with Crippen LogP contribution in [-0.2, 0) is 24.2 Å². The van der Waals surface area contributed by atoms with Crippen molar-refractivity contribution in [3.8, 4) is 0 Å². The van der Waals surface area contributed by atoms with Crippen LogP contribution in [-0.4, -0.2) is 65.3 Å². The van der Waals surface area contributed by atoms with E-state index in [9.17, 15) is 9.59 Å². The van der Waals surface area contributed by atoms with Crippen LogP contribution in [0.1, 0.15) is 26.6 Å². The highest BCUT2D eigenvalue weighted by Crippen LogP contribution is 2.27. The highest BCUT2D eigenvalue weighted by atomic mass is 32.1. The zero-order valence-corrected chi connectivity index (χ0v) is 18.8. The lowest BCUT2D eigenvalue weighted by Crippen LogP contribution is -2.57. The first-order valence-corrected chi connectivity index (χ1v) is 12.0. The summed E-state index contributed by atoms with van der Waals surface area (Å²) in [5, 5.41) is 2.12. The fourth-order valence-corrected chi connectivity index (χ4v) is 5.32. The van der Waals surface area contributed by atoms with Crippen LogP contribution in [0.5, 0.6) is 0 Å². The molecule has 1 fully saturated rings. The molecule has 1 aromatic carbocycles. The molecule has 7 heteroatoms. The maximum atomic E-state index is 13.6. The molecule has 166 valence electrons. The lowest BCUT2D eigenvalue weighted by atomic mass is 9.92. The Kier molecular flexibility index (Phi) is 6.10. The molecule has 0 aliphatic carbocycles. The molecule has 1 atom stereocenters. The van der Waals surface area contributed by atoms with E-state index in [0.717, 1.165) is 37.2 Å². The summed E-state index contributed by atoms with van der Waals surface area (Å²) in [5.74, 6) is 0.0929. The number of hydrogen-bond donors (Lipinski definition) is 0. The summed E-state index contributed by atoms with van der Waals surface area (Å²) in [6, 6.07) is 15.2. The zero-order chi connectivity index (χ0) is 21.9. The van der Waals surface area contributed by atoms with Crippen LogP contribution in [0.2, 0.25) is 0 Å². The molecule has 0 saturated carbocycles. The third-order valence-corrected chi connectivity index (χ3v) is 7.40. The van der Waals surface area contributed by atoms with Gasteiger partial charge in [-0.15, -0.1) is 11.3 Å². The van der Waals surface area contributed by atoms with E-state index >= 15 is 0 Å². The van der Waals surface area contributed by atoms with E-state index in [-0.39, 0.29) is 17.6 Å². The summed E-state index contributed by atoms with van der Waals surface area (Å²) in [4.78, 5) is 34.2. The Balaban J connectivity index is 1.27. The van der Waals surface area contributed by atoms with Gasteiger partial charge in [0, 0.05) is 50.6 Å². The molecule has 2 aliphatic heterocycles. The summed E-state index contributed by atoms with van der Waals surface area (Å²) in [7, 11) is 0. The van der Waals surface area contributed by atoms with E-state index in [1.165, 1.54) is 11.1 Å². The number of amides is 2. The SMILES string of the molecule is O=C(C1Cc2ccccc2CN1C(=O)c1ccco1)N1CCN(CCc2cccs2)CC1. The molecule has 0 radical (unpaired) electrons. The van der Waals surface area contributed by atoms with Gasteiger partial charge < -0.3 is 14.2 Å². The molecule has 0 bridgehead atoms. The number of carbonyl (C=O) groups is 2.